The molecule has 1 aromatic carbocycles. The highest BCUT2D eigenvalue weighted by Gasteiger charge is 2.48. The maximum absolute atomic E-state index is 12.2. The number of nitrogens with zero attached hydrogens (tertiary/aromatic N) is 1. The molecule has 21 heavy (non-hydrogen) atoms. The van der Waals surface area contributed by atoms with E-state index in [2.05, 4.69) is 32.0 Å². The number of piperidine rings is 1. The van der Waals surface area contributed by atoms with Crippen LogP contribution in [0.2, 0.25) is 0 Å². The first kappa shape index (κ1) is 14.4. The van der Waals surface area contributed by atoms with Gasteiger partial charge in [-0.05, 0) is 43.9 Å². The van der Waals surface area contributed by atoms with Crippen molar-refractivity contribution >= 4 is 5.91 Å². The van der Waals surface area contributed by atoms with Crippen LogP contribution >= 0.6 is 0 Å². The van der Waals surface area contributed by atoms with Gasteiger partial charge in [0.05, 0.1) is 5.54 Å². The topological polar surface area (TPSA) is 55.6 Å². The Kier molecular flexibility index (Phi) is 3.66. The third kappa shape index (κ3) is 3.05. The lowest BCUT2D eigenvalue weighted by Gasteiger charge is -2.34. The second-order valence-corrected chi connectivity index (χ2v) is 6.53. The zero-order chi connectivity index (χ0) is 15.0. The molecule has 0 atom stereocenters. The van der Waals surface area contributed by atoms with Crippen LogP contribution in [0.15, 0.2) is 18.2 Å². The minimum Gasteiger partial charge on any atom is -0.490 e. The van der Waals surface area contributed by atoms with E-state index >= 15 is 0 Å². The molecule has 2 fully saturated rings. The van der Waals surface area contributed by atoms with Crippen LogP contribution in [0.4, 0.5) is 0 Å². The van der Waals surface area contributed by atoms with E-state index in [0.29, 0.717) is 0 Å². The van der Waals surface area contributed by atoms with Crippen molar-refractivity contribution in [3.63, 3.8) is 0 Å². The molecule has 114 valence electrons. The number of hydrogen-bond acceptors (Lipinski definition) is 3. The summed E-state index contributed by atoms with van der Waals surface area (Å²) in [4.78, 5) is 14.1. The third-order valence-electron chi connectivity index (χ3n) is 4.58. The summed E-state index contributed by atoms with van der Waals surface area (Å²) in [6.07, 6.45) is 3.64. The van der Waals surface area contributed by atoms with Gasteiger partial charge in [0.25, 0.3) is 0 Å². The van der Waals surface area contributed by atoms with Crippen molar-refractivity contribution in [1.82, 2.24) is 4.90 Å². The lowest BCUT2D eigenvalue weighted by molar-refractivity contribution is -0.135. The van der Waals surface area contributed by atoms with Gasteiger partial charge in [0.2, 0.25) is 5.91 Å². The van der Waals surface area contributed by atoms with Crippen molar-refractivity contribution < 1.29 is 9.53 Å². The smallest absolute Gasteiger partial charge is 0.242 e. The summed E-state index contributed by atoms with van der Waals surface area (Å²) in [6.45, 7) is 5.66. The van der Waals surface area contributed by atoms with E-state index in [-0.39, 0.29) is 12.0 Å². The van der Waals surface area contributed by atoms with Gasteiger partial charge in [-0.2, -0.15) is 0 Å². The summed E-state index contributed by atoms with van der Waals surface area (Å²) in [6, 6.07) is 6.28. The van der Waals surface area contributed by atoms with Gasteiger partial charge in [-0.15, -0.1) is 0 Å². The second kappa shape index (κ2) is 5.34. The summed E-state index contributed by atoms with van der Waals surface area (Å²) in [5.41, 5.74) is 7.83. The van der Waals surface area contributed by atoms with Gasteiger partial charge < -0.3 is 15.4 Å². The maximum atomic E-state index is 12.2. The van der Waals surface area contributed by atoms with E-state index in [1.54, 1.807) is 0 Å². The fourth-order valence-electron chi connectivity index (χ4n) is 2.85. The van der Waals surface area contributed by atoms with Crippen LogP contribution in [-0.2, 0) is 4.79 Å². The molecule has 4 heteroatoms. The molecule has 4 nitrogen and oxygen atoms in total. The van der Waals surface area contributed by atoms with Crippen molar-refractivity contribution in [3.8, 4) is 5.75 Å². The van der Waals surface area contributed by atoms with Crippen molar-refractivity contribution in [3.05, 3.63) is 29.3 Å². The minimum absolute atomic E-state index is 0.132. The first-order valence-electron chi connectivity index (χ1n) is 7.80. The molecule has 3 rings (SSSR count). The van der Waals surface area contributed by atoms with Gasteiger partial charge in [0, 0.05) is 25.9 Å². The molecule has 1 aromatic rings. The number of amides is 1. The Balaban J connectivity index is 1.56. The highest BCUT2D eigenvalue weighted by Crippen LogP contribution is 2.35. The van der Waals surface area contributed by atoms with Crippen molar-refractivity contribution in [1.29, 1.82) is 0 Å². The Labute approximate surface area is 126 Å². The van der Waals surface area contributed by atoms with Gasteiger partial charge in [-0.25, -0.2) is 0 Å². The number of ether oxygens (including phenoxy) is 1. The van der Waals surface area contributed by atoms with Crippen LogP contribution in [-0.4, -0.2) is 35.5 Å². The molecule has 0 aromatic heterocycles. The van der Waals surface area contributed by atoms with Crippen LogP contribution in [0.1, 0.15) is 36.8 Å². The molecule has 1 amide bonds. The van der Waals surface area contributed by atoms with E-state index in [9.17, 15) is 4.79 Å². The highest BCUT2D eigenvalue weighted by atomic mass is 16.5. The van der Waals surface area contributed by atoms with Gasteiger partial charge in [0.15, 0.2) is 0 Å². The molecule has 2 N–H and O–H groups in total. The molecule has 1 aliphatic carbocycles. The lowest BCUT2D eigenvalue weighted by Crippen LogP contribution is -2.50. The Bertz CT molecular complexity index is 544. The minimum atomic E-state index is -0.541. The molecule has 0 unspecified atom stereocenters. The summed E-state index contributed by atoms with van der Waals surface area (Å²) in [7, 11) is 0. The normalized spacial score (nSPS) is 21.2. The van der Waals surface area contributed by atoms with E-state index < -0.39 is 5.54 Å². The Morgan fingerprint density at radius 3 is 2.57 bits per heavy atom. The first-order chi connectivity index (χ1) is 9.98. The van der Waals surface area contributed by atoms with E-state index in [0.717, 1.165) is 50.1 Å². The van der Waals surface area contributed by atoms with Gasteiger partial charge in [-0.1, -0.05) is 12.1 Å². The maximum Gasteiger partial charge on any atom is 0.242 e. The SMILES string of the molecule is Cc1ccc(C)c(OC2CCN(C(=O)C3(N)CC3)CC2)c1. The number of likely N-dealkylation sites (tertiary alicyclic amines) is 1. The highest BCUT2D eigenvalue weighted by molar-refractivity contribution is 5.89. The van der Waals surface area contributed by atoms with Crippen LogP contribution in [0.3, 0.4) is 0 Å². The Morgan fingerprint density at radius 2 is 1.95 bits per heavy atom. The van der Waals surface area contributed by atoms with Crippen molar-refractivity contribution in [2.75, 3.05) is 13.1 Å². The zero-order valence-electron chi connectivity index (χ0n) is 12.9. The summed E-state index contributed by atoms with van der Waals surface area (Å²) < 4.78 is 6.13. The number of benzene rings is 1. The molecule has 0 radical (unpaired) electrons. The number of rotatable bonds is 3. The van der Waals surface area contributed by atoms with Crippen LogP contribution in [0.5, 0.6) is 5.75 Å². The quantitative estimate of drug-likeness (QED) is 0.927. The molecule has 1 heterocycles. The monoisotopic (exact) mass is 288 g/mol. The average Bonchev–Trinajstić information content (AvgIpc) is 3.22. The predicted molar refractivity (Wildman–Crippen MR) is 82.3 cm³/mol. The summed E-state index contributed by atoms with van der Waals surface area (Å²) in [5, 5.41) is 0. The van der Waals surface area contributed by atoms with E-state index in [1.807, 2.05) is 4.90 Å². The van der Waals surface area contributed by atoms with Crippen LogP contribution in [0.25, 0.3) is 0 Å². The molecular formula is C17H24N2O2. The van der Waals surface area contributed by atoms with E-state index in [4.69, 9.17) is 10.5 Å². The number of carbonyl (C=O) groups is 1. The van der Waals surface area contributed by atoms with E-state index in [1.165, 1.54) is 5.56 Å². The molecule has 1 saturated heterocycles. The number of aryl methyl sites for hydroxylation is 2. The van der Waals surface area contributed by atoms with Gasteiger partial charge >= 0.3 is 0 Å². The molecule has 1 saturated carbocycles. The lowest BCUT2D eigenvalue weighted by atomic mass is 10.1. The predicted octanol–water partition coefficient (Wildman–Crippen LogP) is 2.16. The number of hydrogen-bond donors (Lipinski definition) is 1. The molecule has 0 bridgehead atoms. The molecule has 0 spiro atoms. The van der Waals surface area contributed by atoms with Crippen LogP contribution < -0.4 is 10.5 Å². The number of carbonyl (C=O) groups excluding carboxylic acids is 1. The van der Waals surface area contributed by atoms with Crippen molar-refractivity contribution in [2.45, 2.75) is 51.2 Å². The zero-order valence-corrected chi connectivity index (χ0v) is 12.9. The Hall–Kier alpha value is -1.55. The van der Waals surface area contributed by atoms with Crippen molar-refractivity contribution in [2.24, 2.45) is 5.73 Å². The fraction of sp³-hybridized carbons (Fsp3) is 0.588. The summed E-state index contributed by atoms with van der Waals surface area (Å²) in [5.74, 6) is 1.10. The first-order valence-corrected chi connectivity index (χ1v) is 7.80. The molecule has 2 aliphatic rings. The average molecular weight is 288 g/mol. The van der Waals surface area contributed by atoms with Crippen LogP contribution in [0, 0.1) is 13.8 Å². The number of nitrogens with two attached hydrogens (primary N) is 1. The fourth-order valence-corrected chi connectivity index (χ4v) is 2.85. The Morgan fingerprint density at radius 1 is 1.29 bits per heavy atom. The summed E-state index contributed by atoms with van der Waals surface area (Å²) >= 11 is 0. The molecule has 1 aliphatic heterocycles. The standard InChI is InChI=1S/C17H24N2O2/c1-12-3-4-13(2)15(11-12)21-14-5-9-19(10-6-14)16(20)17(18)7-8-17/h3-4,11,14H,5-10,18H2,1-2H3. The van der Waals surface area contributed by atoms with Gasteiger partial charge in [0.1, 0.15) is 11.9 Å². The third-order valence-corrected chi connectivity index (χ3v) is 4.58. The molecular weight excluding hydrogens is 264 g/mol. The second-order valence-electron chi connectivity index (χ2n) is 6.53. The van der Waals surface area contributed by atoms with Gasteiger partial charge in [-0.3, -0.25) is 4.79 Å². The largest absolute Gasteiger partial charge is 0.490 e.